The molecular weight excluding hydrogens is 300 g/mol. The van der Waals surface area contributed by atoms with Crippen molar-refractivity contribution in [3.05, 3.63) is 59.4 Å². The zero-order chi connectivity index (χ0) is 16.9. The van der Waals surface area contributed by atoms with Crippen LogP contribution in [0.2, 0.25) is 0 Å². The van der Waals surface area contributed by atoms with Crippen LogP contribution in [-0.2, 0) is 18.4 Å². The van der Waals surface area contributed by atoms with E-state index in [2.05, 4.69) is 34.8 Å². The van der Waals surface area contributed by atoms with Crippen molar-refractivity contribution in [2.24, 2.45) is 7.05 Å². The number of benzene rings is 1. The molecule has 0 aliphatic carbocycles. The minimum absolute atomic E-state index is 0.132. The zero-order valence-corrected chi connectivity index (χ0v) is 14.6. The van der Waals surface area contributed by atoms with Crippen molar-refractivity contribution in [3.63, 3.8) is 0 Å². The van der Waals surface area contributed by atoms with Gasteiger partial charge in [0.25, 0.3) is 5.91 Å². The summed E-state index contributed by atoms with van der Waals surface area (Å²) in [6.07, 6.45) is 6.53. The first-order valence-electron chi connectivity index (χ1n) is 8.71. The summed E-state index contributed by atoms with van der Waals surface area (Å²) in [5, 5.41) is 0. The molecule has 1 aliphatic rings. The third-order valence-electron chi connectivity index (χ3n) is 4.85. The molecule has 4 nitrogen and oxygen atoms in total. The largest absolute Gasteiger partial charge is 0.380 e. The molecule has 2 aromatic rings. The molecule has 128 valence electrons. The first-order valence-corrected chi connectivity index (χ1v) is 8.71. The van der Waals surface area contributed by atoms with E-state index >= 15 is 0 Å². The van der Waals surface area contributed by atoms with Gasteiger partial charge in [-0.3, -0.25) is 4.79 Å². The lowest BCUT2D eigenvalue weighted by atomic mass is 10.0. The fourth-order valence-corrected chi connectivity index (χ4v) is 3.56. The molecule has 0 spiro atoms. The molecule has 0 N–H and O–H groups in total. The van der Waals surface area contributed by atoms with Crippen molar-refractivity contribution < 1.29 is 9.53 Å². The molecule has 1 atom stereocenters. The van der Waals surface area contributed by atoms with Crippen LogP contribution in [0.15, 0.2) is 42.6 Å². The molecule has 2 heterocycles. The Morgan fingerprint density at radius 1 is 1.17 bits per heavy atom. The Kier molecular flexibility index (Phi) is 5.36. The molecule has 0 bridgehead atoms. The minimum atomic E-state index is 0.132. The summed E-state index contributed by atoms with van der Waals surface area (Å²) in [5.41, 5.74) is 3.07. The summed E-state index contributed by atoms with van der Waals surface area (Å²) < 4.78 is 7.28. The maximum absolute atomic E-state index is 13.1. The maximum atomic E-state index is 13.1. The van der Waals surface area contributed by atoms with Gasteiger partial charge in [-0.1, -0.05) is 25.0 Å². The molecule has 1 fully saturated rings. The molecule has 3 rings (SSSR count). The summed E-state index contributed by atoms with van der Waals surface area (Å²) in [4.78, 5) is 15.2. The van der Waals surface area contributed by atoms with Crippen LogP contribution in [0, 0.1) is 0 Å². The number of likely N-dealkylation sites (tertiary alicyclic amines) is 1. The number of hydrogen-bond acceptors (Lipinski definition) is 2. The number of aromatic nitrogens is 1. The molecular formula is C20H26N2O2. The van der Waals surface area contributed by atoms with Gasteiger partial charge in [0.05, 0.1) is 12.6 Å². The van der Waals surface area contributed by atoms with Crippen molar-refractivity contribution in [2.75, 3.05) is 13.7 Å². The highest BCUT2D eigenvalue weighted by molar-refractivity contribution is 5.94. The summed E-state index contributed by atoms with van der Waals surface area (Å²) >= 11 is 0. The second-order valence-corrected chi connectivity index (χ2v) is 6.54. The molecule has 1 saturated heterocycles. The van der Waals surface area contributed by atoms with E-state index in [1.54, 1.807) is 7.11 Å². The van der Waals surface area contributed by atoms with Gasteiger partial charge in [0.15, 0.2) is 0 Å². The van der Waals surface area contributed by atoms with Crippen LogP contribution in [-0.4, -0.2) is 29.0 Å². The van der Waals surface area contributed by atoms with Gasteiger partial charge in [-0.15, -0.1) is 0 Å². The number of nitrogens with zero attached hydrogens (tertiary/aromatic N) is 2. The smallest absolute Gasteiger partial charge is 0.254 e. The van der Waals surface area contributed by atoms with Crippen molar-refractivity contribution >= 4 is 5.91 Å². The number of hydrogen-bond donors (Lipinski definition) is 0. The van der Waals surface area contributed by atoms with Gasteiger partial charge in [-0.25, -0.2) is 0 Å². The standard InChI is InChI=1S/C20H26N2O2/c1-21-13-6-8-18(21)19-7-4-3-5-14-22(19)20(23)17-11-9-16(10-12-17)15-24-2/h6,8-13,19H,3-5,7,14-15H2,1-2H3. The normalized spacial score (nSPS) is 18.4. The molecule has 1 aromatic heterocycles. The molecule has 1 aliphatic heterocycles. The number of carbonyl (C=O) groups is 1. The third-order valence-corrected chi connectivity index (χ3v) is 4.85. The highest BCUT2D eigenvalue weighted by Crippen LogP contribution is 2.31. The lowest BCUT2D eigenvalue weighted by Gasteiger charge is -2.31. The van der Waals surface area contributed by atoms with E-state index in [0.717, 1.165) is 30.5 Å². The Morgan fingerprint density at radius 2 is 1.96 bits per heavy atom. The molecule has 4 heteroatoms. The predicted octanol–water partition coefficient (Wildman–Crippen LogP) is 3.93. The third kappa shape index (κ3) is 3.54. The SMILES string of the molecule is COCc1ccc(C(=O)N2CCCCCC2c2cccn2C)cc1. The van der Waals surface area contributed by atoms with Crippen LogP contribution in [0.3, 0.4) is 0 Å². The Balaban J connectivity index is 1.85. The molecule has 1 aromatic carbocycles. The summed E-state index contributed by atoms with van der Waals surface area (Å²) in [5.74, 6) is 0.132. The van der Waals surface area contributed by atoms with Crippen LogP contribution >= 0.6 is 0 Å². The Hall–Kier alpha value is -2.07. The number of ether oxygens (including phenoxy) is 1. The topological polar surface area (TPSA) is 34.5 Å². The van der Waals surface area contributed by atoms with E-state index in [4.69, 9.17) is 4.74 Å². The molecule has 24 heavy (non-hydrogen) atoms. The average molecular weight is 326 g/mol. The predicted molar refractivity (Wildman–Crippen MR) is 94.8 cm³/mol. The van der Waals surface area contributed by atoms with Crippen molar-refractivity contribution in [1.29, 1.82) is 0 Å². The van der Waals surface area contributed by atoms with Gasteiger partial charge in [0.1, 0.15) is 0 Å². The number of rotatable bonds is 4. The second-order valence-electron chi connectivity index (χ2n) is 6.54. The first-order chi connectivity index (χ1) is 11.7. The van der Waals surface area contributed by atoms with Crippen molar-refractivity contribution in [3.8, 4) is 0 Å². The lowest BCUT2D eigenvalue weighted by molar-refractivity contribution is 0.0674. The van der Waals surface area contributed by atoms with E-state index in [9.17, 15) is 4.79 Å². The van der Waals surface area contributed by atoms with Crippen LogP contribution in [0.4, 0.5) is 0 Å². The average Bonchev–Trinajstić information content (AvgIpc) is 2.88. The Bertz CT molecular complexity index is 675. The number of amides is 1. The van der Waals surface area contributed by atoms with Crippen molar-refractivity contribution in [1.82, 2.24) is 9.47 Å². The maximum Gasteiger partial charge on any atom is 0.254 e. The quantitative estimate of drug-likeness (QED) is 0.853. The summed E-state index contributed by atoms with van der Waals surface area (Å²) in [6, 6.07) is 12.2. The van der Waals surface area contributed by atoms with E-state index in [-0.39, 0.29) is 11.9 Å². The second kappa shape index (κ2) is 7.67. The van der Waals surface area contributed by atoms with E-state index in [1.165, 1.54) is 18.5 Å². The zero-order valence-electron chi connectivity index (χ0n) is 14.6. The Labute approximate surface area is 144 Å². The van der Waals surface area contributed by atoms with Crippen LogP contribution in [0.5, 0.6) is 0 Å². The fourth-order valence-electron chi connectivity index (χ4n) is 3.56. The van der Waals surface area contributed by atoms with Gasteiger partial charge in [0, 0.05) is 38.2 Å². The van der Waals surface area contributed by atoms with Crippen LogP contribution in [0.1, 0.15) is 53.3 Å². The number of carbonyl (C=O) groups excluding carboxylic acids is 1. The molecule has 0 radical (unpaired) electrons. The fraction of sp³-hybridized carbons (Fsp3) is 0.450. The molecule has 1 amide bonds. The van der Waals surface area contributed by atoms with Gasteiger partial charge in [-0.05, 0) is 42.7 Å². The highest BCUT2D eigenvalue weighted by atomic mass is 16.5. The molecule has 1 unspecified atom stereocenters. The van der Waals surface area contributed by atoms with E-state index in [1.807, 2.05) is 24.3 Å². The summed E-state index contributed by atoms with van der Waals surface area (Å²) in [7, 11) is 3.74. The van der Waals surface area contributed by atoms with Gasteiger partial charge >= 0.3 is 0 Å². The summed E-state index contributed by atoms with van der Waals surface area (Å²) in [6.45, 7) is 1.40. The van der Waals surface area contributed by atoms with Gasteiger partial charge < -0.3 is 14.2 Å². The number of methoxy groups -OCH3 is 1. The van der Waals surface area contributed by atoms with Gasteiger partial charge in [-0.2, -0.15) is 0 Å². The number of aryl methyl sites for hydroxylation is 1. The Morgan fingerprint density at radius 3 is 2.62 bits per heavy atom. The first kappa shape index (κ1) is 16.8. The van der Waals surface area contributed by atoms with Crippen LogP contribution < -0.4 is 0 Å². The minimum Gasteiger partial charge on any atom is -0.380 e. The van der Waals surface area contributed by atoms with Gasteiger partial charge in [0.2, 0.25) is 0 Å². The van der Waals surface area contributed by atoms with Crippen LogP contribution in [0.25, 0.3) is 0 Å². The molecule has 0 saturated carbocycles. The lowest BCUT2D eigenvalue weighted by Crippen LogP contribution is -2.35. The van der Waals surface area contributed by atoms with E-state index < -0.39 is 0 Å². The monoisotopic (exact) mass is 326 g/mol. The highest BCUT2D eigenvalue weighted by Gasteiger charge is 2.28. The van der Waals surface area contributed by atoms with E-state index in [0.29, 0.717) is 6.61 Å². The van der Waals surface area contributed by atoms with Crippen molar-refractivity contribution in [2.45, 2.75) is 38.3 Å².